The molecule has 2 heterocycles. The third-order valence-corrected chi connectivity index (χ3v) is 4.17. The van der Waals surface area contributed by atoms with Gasteiger partial charge in [-0.3, -0.25) is 5.10 Å². The predicted molar refractivity (Wildman–Crippen MR) is 98.8 cm³/mol. The van der Waals surface area contributed by atoms with Crippen molar-refractivity contribution in [3.8, 4) is 11.3 Å². The quantitative estimate of drug-likeness (QED) is 0.532. The molecular weight excluding hydrogens is 320 g/mol. The van der Waals surface area contributed by atoms with Crippen LogP contribution in [-0.2, 0) is 0 Å². The molecule has 2 aromatic carbocycles. The molecule has 0 spiro atoms. The van der Waals surface area contributed by atoms with Gasteiger partial charge >= 0.3 is 0 Å². The molecule has 0 radical (unpaired) electrons. The Bertz CT molecular complexity index is 1020. The van der Waals surface area contributed by atoms with Crippen molar-refractivity contribution >= 4 is 34.0 Å². The van der Waals surface area contributed by atoms with Gasteiger partial charge in [0, 0.05) is 27.7 Å². The summed E-state index contributed by atoms with van der Waals surface area (Å²) in [4.78, 5) is 4.79. The van der Waals surface area contributed by atoms with Crippen LogP contribution < -0.4 is 5.32 Å². The molecule has 118 valence electrons. The summed E-state index contributed by atoms with van der Waals surface area (Å²) in [6.07, 6.45) is 0. The van der Waals surface area contributed by atoms with Gasteiger partial charge in [-0.25, -0.2) is 4.98 Å². The van der Waals surface area contributed by atoms with Crippen molar-refractivity contribution in [2.45, 2.75) is 6.92 Å². The van der Waals surface area contributed by atoms with Gasteiger partial charge < -0.3 is 5.32 Å². The van der Waals surface area contributed by atoms with Gasteiger partial charge in [-0.05, 0) is 24.4 Å². The van der Waals surface area contributed by atoms with Gasteiger partial charge in [0.05, 0.1) is 5.69 Å². The first-order valence-electron chi connectivity index (χ1n) is 7.64. The second-order valence-corrected chi connectivity index (χ2v) is 6.03. The third kappa shape index (κ3) is 2.72. The second-order valence-electron chi connectivity index (χ2n) is 5.62. The fourth-order valence-corrected chi connectivity index (χ4v) is 2.94. The first kappa shape index (κ1) is 14.7. The highest BCUT2D eigenvalue weighted by atomic mass is 35.5. The Morgan fingerprint density at radius 3 is 2.58 bits per heavy atom. The highest BCUT2D eigenvalue weighted by Gasteiger charge is 2.11. The lowest BCUT2D eigenvalue weighted by molar-refractivity contribution is 1.05. The molecular formula is C19H15ClN4. The average molecular weight is 335 g/mol. The monoisotopic (exact) mass is 334 g/mol. The Labute approximate surface area is 144 Å². The molecule has 24 heavy (non-hydrogen) atoms. The molecule has 0 fully saturated rings. The van der Waals surface area contributed by atoms with E-state index in [1.54, 1.807) is 0 Å². The van der Waals surface area contributed by atoms with E-state index >= 15 is 0 Å². The van der Waals surface area contributed by atoms with Crippen molar-refractivity contribution in [2.24, 2.45) is 0 Å². The SMILES string of the molecule is Cc1cc(Nc2nc(-c3ccccc3Cl)cc3ccccc23)n[nH]1. The summed E-state index contributed by atoms with van der Waals surface area (Å²) in [6, 6.07) is 19.8. The number of aromatic amines is 1. The lowest BCUT2D eigenvalue weighted by Crippen LogP contribution is -1.97. The van der Waals surface area contributed by atoms with Crippen LogP contribution in [0.3, 0.4) is 0 Å². The van der Waals surface area contributed by atoms with Crippen LogP contribution >= 0.6 is 11.6 Å². The van der Waals surface area contributed by atoms with Crippen molar-refractivity contribution in [1.29, 1.82) is 0 Å². The van der Waals surface area contributed by atoms with Gasteiger partial charge in [0.25, 0.3) is 0 Å². The molecule has 4 aromatic rings. The number of benzene rings is 2. The maximum atomic E-state index is 6.35. The van der Waals surface area contributed by atoms with Crippen LogP contribution in [0.5, 0.6) is 0 Å². The maximum Gasteiger partial charge on any atom is 0.153 e. The standard InChI is InChI=1S/C19H15ClN4/c1-12-10-18(24-23-12)22-19-14-7-3-2-6-13(14)11-17(21-19)15-8-4-5-9-16(15)20/h2-11H,1H3,(H2,21,22,23,24). The number of hydrogen-bond acceptors (Lipinski definition) is 3. The second kappa shape index (κ2) is 5.98. The number of nitrogens with one attached hydrogen (secondary N) is 2. The molecule has 2 aromatic heterocycles. The van der Waals surface area contributed by atoms with Gasteiger partial charge in [0.2, 0.25) is 0 Å². The van der Waals surface area contributed by atoms with Crippen LogP contribution in [0.1, 0.15) is 5.69 Å². The molecule has 2 N–H and O–H groups in total. The van der Waals surface area contributed by atoms with Crippen molar-refractivity contribution in [3.05, 3.63) is 71.4 Å². The Hall–Kier alpha value is -2.85. The van der Waals surface area contributed by atoms with Crippen molar-refractivity contribution in [3.63, 3.8) is 0 Å². The number of fused-ring (bicyclic) bond motifs is 1. The molecule has 0 saturated heterocycles. The summed E-state index contributed by atoms with van der Waals surface area (Å²) in [5.41, 5.74) is 2.73. The normalized spacial score (nSPS) is 10.9. The number of rotatable bonds is 3. The molecule has 0 aliphatic carbocycles. The minimum absolute atomic E-state index is 0.682. The van der Waals surface area contributed by atoms with Gasteiger partial charge in [-0.1, -0.05) is 54.1 Å². The topological polar surface area (TPSA) is 53.6 Å². The number of nitrogens with zero attached hydrogens (tertiary/aromatic N) is 2. The number of halogens is 1. The average Bonchev–Trinajstić information content (AvgIpc) is 3.00. The van der Waals surface area contributed by atoms with E-state index in [2.05, 4.69) is 27.6 Å². The number of H-pyrrole nitrogens is 1. The zero-order valence-corrected chi connectivity index (χ0v) is 13.8. The van der Waals surface area contributed by atoms with Crippen molar-refractivity contribution in [2.75, 3.05) is 5.32 Å². The summed E-state index contributed by atoms with van der Waals surface area (Å²) in [5.74, 6) is 1.50. The van der Waals surface area contributed by atoms with E-state index < -0.39 is 0 Å². The fourth-order valence-electron chi connectivity index (χ4n) is 2.70. The molecule has 5 heteroatoms. The van der Waals surface area contributed by atoms with E-state index in [0.717, 1.165) is 39.4 Å². The minimum Gasteiger partial charge on any atom is -0.323 e. The summed E-state index contributed by atoms with van der Waals surface area (Å²) < 4.78 is 0. The van der Waals surface area contributed by atoms with E-state index in [9.17, 15) is 0 Å². The van der Waals surface area contributed by atoms with E-state index in [1.165, 1.54) is 0 Å². The lowest BCUT2D eigenvalue weighted by Gasteiger charge is -2.11. The lowest BCUT2D eigenvalue weighted by atomic mass is 10.1. The summed E-state index contributed by atoms with van der Waals surface area (Å²) in [7, 11) is 0. The van der Waals surface area contributed by atoms with E-state index in [1.807, 2.05) is 55.5 Å². The zero-order valence-electron chi connectivity index (χ0n) is 13.0. The highest BCUT2D eigenvalue weighted by molar-refractivity contribution is 6.33. The van der Waals surface area contributed by atoms with Crippen molar-refractivity contribution in [1.82, 2.24) is 15.2 Å². The fraction of sp³-hybridized carbons (Fsp3) is 0.0526. The Morgan fingerprint density at radius 2 is 1.79 bits per heavy atom. The summed E-state index contributed by atoms with van der Waals surface area (Å²) >= 11 is 6.35. The molecule has 0 aliphatic rings. The Morgan fingerprint density at radius 1 is 1.00 bits per heavy atom. The van der Waals surface area contributed by atoms with Gasteiger partial charge in [0.15, 0.2) is 5.82 Å². The molecule has 4 rings (SSSR count). The van der Waals surface area contributed by atoms with Crippen molar-refractivity contribution < 1.29 is 0 Å². The molecule has 0 unspecified atom stereocenters. The van der Waals surface area contributed by atoms with E-state index in [0.29, 0.717) is 5.02 Å². The maximum absolute atomic E-state index is 6.35. The molecule has 0 bridgehead atoms. The molecule has 4 nitrogen and oxygen atoms in total. The van der Waals surface area contributed by atoms with Gasteiger partial charge in [-0.15, -0.1) is 0 Å². The zero-order chi connectivity index (χ0) is 16.5. The third-order valence-electron chi connectivity index (χ3n) is 3.84. The van der Waals surface area contributed by atoms with Crippen LogP contribution in [0.2, 0.25) is 5.02 Å². The van der Waals surface area contributed by atoms with Crippen LogP contribution in [-0.4, -0.2) is 15.2 Å². The van der Waals surface area contributed by atoms with Crippen LogP contribution in [0, 0.1) is 6.92 Å². The first-order valence-corrected chi connectivity index (χ1v) is 8.02. The molecule has 0 amide bonds. The smallest absolute Gasteiger partial charge is 0.153 e. The number of hydrogen-bond donors (Lipinski definition) is 2. The van der Waals surface area contributed by atoms with Crippen LogP contribution in [0.15, 0.2) is 60.7 Å². The van der Waals surface area contributed by atoms with Gasteiger partial charge in [0.1, 0.15) is 5.82 Å². The van der Waals surface area contributed by atoms with Crippen LogP contribution in [0.25, 0.3) is 22.0 Å². The summed E-state index contributed by atoms with van der Waals surface area (Å²) in [5, 5.41) is 13.3. The molecule has 0 atom stereocenters. The number of anilines is 2. The number of pyridine rings is 1. The minimum atomic E-state index is 0.682. The largest absolute Gasteiger partial charge is 0.323 e. The van der Waals surface area contributed by atoms with Gasteiger partial charge in [-0.2, -0.15) is 5.10 Å². The van der Waals surface area contributed by atoms with E-state index in [-0.39, 0.29) is 0 Å². The number of aromatic nitrogens is 3. The molecule has 0 saturated carbocycles. The Kier molecular flexibility index (Phi) is 3.67. The van der Waals surface area contributed by atoms with Crippen LogP contribution in [0.4, 0.5) is 11.6 Å². The highest BCUT2D eigenvalue weighted by Crippen LogP contribution is 2.32. The number of aryl methyl sites for hydroxylation is 1. The Balaban J connectivity index is 1.89. The first-order chi connectivity index (χ1) is 11.7. The summed E-state index contributed by atoms with van der Waals surface area (Å²) in [6.45, 7) is 1.96. The van der Waals surface area contributed by atoms with E-state index in [4.69, 9.17) is 16.6 Å². The molecule has 0 aliphatic heterocycles. The predicted octanol–water partition coefficient (Wildman–Crippen LogP) is 5.33.